The summed E-state index contributed by atoms with van der Waals surface area (Å²) in [6, 6.07) is 8.71. The summed E-state index contributed by atoms with van der Waals surface area (Å²) in [6.45, 7) is 2.96. The van der Waals surface area contributed by atoms with Gasteiger partial charge < -0.3 is 17.6 Å². The molecule has 0 saturated heterocycles. The zero-order chi connectivity index (χ0) is 9.40. The number of aliphatic carboxylic acids is 1. The Labute approximate surface area is 96.8 Å². The van der Waals surface area contributed by atoms with Crippen LogP contribution in [0.5, 0.6) is 5.75 Å². The molecule has 0 amide bonds. The van der Waals surface area contributed by atoms with Crippen LogP contribution in [-0.4, -0.2) is 16.2 Å². The molecule has 0 aliphatic carbocycles. The Hall–Kier alpha value is -1.15. The number of hydrogen-bond acceptors (Lipinski definition) is 2. The van der Waals surface area contributed by atoms with Gasteiger partial charge in [0, 0.05) is 25.6 Å². The maximum Gasteiger partial charge on any atom is 0.327 e. The molecule has 0 aromatic heterocycles. The van der Waals surface area contributed by atoms with Crippen LogP contribution in [0.15, 0.2) is 43.0 Å². The predicted molar refractivity (Wildman–Crippen MR) is 52.4 cm³/mol. The first-order valence-corrected chi connectivity index (χ1v) is 3.26. The van der Waals surface area contributed by atoms with Gasteiger partial charge in [0.25, 0.3) is 0 Å². The molecule has 14 heavy (non-hydrogen) atoms. The van der Waals surface area contributed by atoms with Gasteiger partial charge in [-0.2, -0.15) is 0 Å². The van der Waals surface area contributed by atoms with Crippen LogP contribution in [0.25, 0.3) is 0 Å². The third kappa shape index (κ3) is 13.4. The second-order valence-electron chi connectivity index (χ2n) is 1.88. The summed E-state index contributed by atoms with van der Waals surface area (Å²) in [6.07, 6.45) is 0.833. The van der Waals surface area contributed by atoms with E-state index in [4.69, 9.17) is 10.2 Å². The molecule has 0 aliphatic heterocycles. The molecule has 0 heterocycles. The second kappa shape index (κ2) is 11.9. The minimum atomic E-state index is -0.981. The van der Waals surface area contributed by atoms with Crippen LogP contribution in [-0.2, 0) is 24.3 Å². The number of phenols is 1. The van der Waals surface area contributed by atoms with Gasteiger partial charge in [-0.25, -0.2) is 4.79 Å². The van der Waals surface area contributed by atoms with Gasteiger partial charge in [-0.1, -0.05) is 24.8 Å². The Morgan fingerprint density at radius 3 is 1.79 bits per heavy atom. The Bertz CT molecular complexity index is 247. The fourth-order valence-electron chi connectivity index (χ4n) is 0.428. The average Bonchev–Trinajstić information content (AvgIpc) is 2.07. The van der Waals surface area contributed by atoms with E-state index in [-0.39, 0.29) is 26.9 Å². The largest absolute Gasteiger partial charge is 0.508 e. The maximum absolute atomic E-state index is 9.25. The first-order chi connectivity index (χ1) is 5.66. The van der Waals surface area contributed by atoms with Crippen molar-refractivity contribution < 1.29 is 34.5 Å². The first-order valence-electron chi connectivity index (χ1n) is 3.26. The van der Waals surface area contributed by atoms with Crippen LogP contribution >= 0.6 is 0 Å². The number of carboxylic acids is 1. The fraction of sp³-hybridized carbons (Fsp3) is 0. The van der Waals surface area contributed by atoms with Gasteiger partial charge in [0.2, 0.25) is 0 Å². The van der Waals surface area contributed by atoms with E-state index in [9.17, 15) is 4.79 Å². The van der Waals surface area contributed by atoms with Gasteiger partial charge >= 0.3 is 5.97 Å². The van der Waals surface area contributed by atoms with Crippen LogP contribution in [0.1, 0.15) is 0 Å². The van der Waals surface area contributed by atoms with Gasteiger partial charge in [0.05, 0.1) is 0 Å². The zero-order valence-electron chi connectivity index (χ0n) is 8.18. The van der Waals surface area contributed by atoms with Crippen LogP contribution in [0.4, 0.5) is 0 Å². The summed E-state index contributed by atoms with van der Waals surface area (Å²) >= 11 is 0. The number of hydrogen-bond donors (Lipinski definition) is 2. The summed E-state index contributed by atoms with van der Waals surface area (Å²) in [5.74, 6) is -0.660. The van der Waals surface area contributed by atoms with Crippen molar-refractivity contribution in [2.75, 3.05) is 0 Å². The number of para-hydroxylation sites is 1. The number of carboxylic acid groups (broad SMARTS) is 1. The van der Waals surface area contributed by atoms with Gasteiger partial charge in [0.1, 0.15) is 5.75 Å². The van der Waals surface area contributed by atoms with Crippen molar-refractivity contribution in [3.8, 4) is 5.75 Å². The van der Waals surface area contributed by atoms with Crippen LogP contribution in [0.3, 0.4) is 0 Å². The summed E-state index contributed by atoms with van der Waals surface area (Å²) < 4.78 is 0. The zero-order valence-corrected chi connectivity index (χ0v) is 11.1. The van der Waals surface area contributed by atoms with Crippen molar-refractivity contribution in [1.82, 2.24) is 0 Å². The standard InChI is InChI=1S/C6H6O.C3H4O2.CH3.Zn/c7-6-4-2-1-3-5-6;1-2-3(4)5;;/h1-5,7H;2H,1H2,(H,4,5);1H3;/q;;-1;. The maximum atomic E-state index is 9.25. The Kier molecular flexibility index (Phi) is 15.7. The molecule has 0 bridgehead atoms. The van der Waals surface area contributed by atoms with Crippen molar-refractivity contribution >= 4 is 5.97 Å². The van der Waals surface area contributed by atoms with Crippen LogP contribution in [0, 0.1) is 7.43 Å². The van der Waals surface area contributed by atoms with E-state index in [1.54, 1.807) is 24.3 Å². The first kappa shape index (κ1) is 18.6. The number of aromatic hydroxyl groups is 1. The number of phenolic OH excluding ortho intramolecular Hbond substituents is 1. The summed E-state index contributed by atoms with van der Waals surface area (Å²) in [4.78, 5) is 9.25. The molecular weight excluding hydrogens is 233 g/mol. The summed E-state index contributed by atoms with van der Waals surface area (Å²) in [5, 5.41) is 16.2. The molecule has 1 aromatic rings. The Morgan fingerprint density at radius 2 is 1.64 bits per heavy atom. The SMILES string of the molecule is C=CC(=O)O.Oc1ccccc1.[CH3-].[Zn]. The topological polar surface area (TPSA) is 57.5 Å². The second-order valence-corrected chi connectivity index (χ2v) is 1.88. The molecular formula is C10H13O3Zn-. The van der Waals surface area contributed by atoms with Crippen LogP contribution < -0.4 is 0 Å². The van der Waals surface area contributed by atoms with Crippen LogP contribution in [0.2, 0.25) is 0 Å². The number of rotatable bonds is 1. The third-order valence-corrected chi connectivity index (χ3v) is 0.931. The van der Waals surface area contributed by atoms with E-state index in [0.29, 0.717) is 5.75 Å². The predicted octanol–water partition coefficient (Wildman–Crippen LogP) is 2.10. The molecule has 0 unspecified atom stereocenters. The van der Waals surface area contributed by atoms with Crippen molar-refractivity contribution in [3.05, 3.63) is 50.4 Å². The van der Waals surface area contributed by atoms with Crippen molar-refractivity contribution in [3.63, 3.8) is 0 Å². The average molecular weight is 247 g/mol. The minimum Gasteiger partial charge on any atom is -0.508 e. The Balaban J connectivity index is -0.000000159. The summed E-state index contributed by atoms with van der Waals surface area (Å²) in [7, 11) is 0. The smallest absolute Gasteiger partial charge is 0.327 e. The van der Waals surface area contributed by atoms with E-state index < -0.39 is 5.97 Å². The molecule has 1 aromatic carbocycles. The molecule has 74 valence electrons. The van der Waals surface area contributed by atoms with Gasteiger partial charge in [-0.3, -0.25) is 0 Å². The quantitative estimate of drug-likeness (QED) is 0.453. The fourth-order valence-corrected chi connectivity index (χ4v) is 0.428. The monoisotopic (exact) mass is 245 g/mol. The van der Waals surface area contributed by atoms with Gasteiger partial charge in [-0.05, 0) is 12.1 Å². The minimum absolute atomic E-state index is 0. The van der Waals surface area contributed by atoms with Gasteiger partial charge in [0.15, 0.2) is 0 Å². The van der Waals surface area contributed by atoms with Crippen molar-refractivity contribution in [2.24, 2.45) is 0 Å². The van der Waals surface area contributed by atoms with Crippen molar-refractivity contribution in [2.45, 2.75) is 0 Å². The van der Waals surface area contributed by atoms with E-state index in [1.165, 1.54) is 0 Å². The van der Waals surface area contributed by atoms with Crippen molar-refractivity contribution in [1.29, 1.82) is 0 Å². The third-order valence-electron chi connectivity index (χ3n) is 0.931. The van der Waals surface area contributed by atoms with E-state index in [2.05, 4.69) is 6.58 Å². The van der Waals surface area contributed by atoms with Gasteiger partial charge in [-0.15, -0.1) is 0 Å². The number of benzene rings is 1. The molecule has 2 N–H and O–H groups in total. The molecule has 0 aliphatic rings. The molecule has 0 atom stereocenters. The molecule has 0 saturated carbocycles. The molecule has 3 nitrogen and oxygen atoms in total. The normalized spacial score (nSPS) is 6.57. The molecule has 4 heteroatoms. The molecule has 0 radical (unpaired) electrons. The summed E-state index contributed by atoms with van der Waals surface area (Å²) in [5.41, 5.74) is 0. The van der Waals surface area contributed by atoms with E-state index in [1.807, 2.05) is 6.07 Å². The molecule has 0 spiro atoms. The Morgan fingerprint density at radius 1 is 1.29 bits per heavy atom. The van der Waals surface area contributed by atoms with E-state index in [0.717, 1.165) is 6.08 Å². The number of carbonyl (C=O) groups is 1. The van der Waals surface area contributed by atoms with E-state index >= 15 is 0 Å². The molecule has 0 fully saturated rings. The molecule has 1 rings (SSSR count).